The summed E-state index contributed by atoms with van der Waals surface area (Å²) < 4.78 is 5.10. The van der Waals surface area contributed by atoms with Gasteiger partial charge in [0.2, 0.25) is 0 Å². The summed E-state index contributed by atoms with van der Waals surface area (Å²) in [5, 5.41) is 8.91. The van der Waals surface area contributed by atoms with Crippen LogP contribution in [0.5, 0.6) is 5.75 Å². The van der Waals surface area contributed by atoms with Crippen LogP contribution in [-0.4, -0.2) is 24.0 Å². The van der Waals surface area contributed by atoms with Crippen LogP contribution in [0.3, 0.4) is 0 Å². The SMILES string of the molecule is COc1ccccc1CC(C(C)=O)C(=O)O. The van der Waals surface area contributed by atoms with Gasteiger partial charge in [-0.15, -0.1) is 0 Å². The summed E-state index contributed by atoms with van der Waals surface area (Å²) in [5.74, 6) is -1.84. The number of methoxy groups -OCH3 is 1. The van der Waals surface area contributed by atoms with Crippen LogP contribution in [0.1, 0.15) is 12.5 Å². The number of aliphatic carboxylic acids is 1. The van der Waals surface area contributed by atoms with Gasteiger partial charge >= 0.3 is 5.97 Å². The molecule has 0 amide bonds. The van der Waals surface area contributed by atoms with Crippen LogP contribution in [0.15, 0.2) is 24.3 Å². The highest BCUT2D eigenvalue weighted by molar-refractivity contribution is 5.97. The Hall–Kier alpha value is -1.84. The topological polar surface area (TPSA) is 63.6 Å². The molecule has 0 aliphatic heterocycles. The number of hydrogen-bond donors (Lipinski definition) is 1. The van der Waals surface area contributed by atoms with Gasteiger partial charge in [-0.2, -0.15) is 0 Å². The molecule has 0 aliphatic carbocycles. The predicted octanol–water partition coefficient (Wildman–Crippen LogP) is 1.53. The number of carboxylic acids is 1. The third-order valence-electron chi connectivity index (χ3n) is 2.41. The predicted molar refractivity (Wildman–Crippen MR) is 58.5 cm³/mol. The van der Waals surface area contributed by atoms with Gasteiger partial charge in [0.25, 0.3) is 0 Å². The van der Waals surface area contributed by atoms with Crippen LogP contribution in [-0.2, 0) is 16.0 Å². The normalized spacial score (nSPS) is 11.9. The summed E-state index contributed by atoms with van der Waals surface area (Å²) in [6, 6.07) is 7.09. The van der Waals surface area contributed by atoms with Crippen LogP contribution >= 0.6 is 0 Å². The lowest BCUT2D eigenvalue weighted by molar-refractivity contribution is -0.145. The second-order valence-electron chi connectivity index (χ2n) is 3.52. The van der Waals surface area contributed by atoms with E-state index in [2.05, 4.69) is 0 Å². The summed E-state index contributed by atoms with van der Waals surface area (Å²) in [4.78, 5) is 22.1. The van der Waals surface area contributed by atoms with Gasteiger partial charge < -0.3 is 9.84 Å². The fourth-order valence-electron chi connectivity index (χ4n) is 1.50. The molecule has 0 heterocycles. The Balaban J connectivity index is 2.93. The zero-order valence-electron chi connectivity index (χ0n) is 9.27. The van der Waals surface area contributed by atoms with E-state index in [9.17, 15) is 9.59 Å². The van der Waals surface area contributed by atoms with Crippen molar-refractivity contribution in [2.24, 2.45) is 5.92 Å². The molecule has 0 saturated heterocycles. The first-order valence-electron chi connectivity index (χ1n) is 4.91. The molecule has 1 aromatic rings. The van der Waals surface area contributed by atoms with Gasteiger partial charge in [-0.05, 0) is 25.0 Å². The van der Waals surface area contributed by atoms with Crippen molar-refractivity contribution in [3.05, 3.63) is 29.8 Å². The first-order chi connectivity index (χ1) is 7.56. The van der Waals surface area contributed by atoms with Gasteiger partial charge in [-0.1, -0.05) is 18.2 Å². The standard InChI is InChI=1S/C12H14O4/c1-8(13)10(12(14)15)7-9-5-3-4-6-11(9)16-2/h3-6,10H,7H2,1-2H3,(H,14,15). The van der Waals surface area contributed by atoms with E-state index in [1.54, 1.807) is 24.3 Å². The van der Waals surface area contributed by atoms with E-state index in [0.29, 0.717) is 5.75 Å². The lowest BCUT2D eigenvalue weighted by atomic mass is 9.95. The third-order valence-corrected chi connectivity index (χ3v) is 2.41. The maximum atomic E-state index is 11.2. The Labute approximate surface area is 93.9 Å². The van der Waals surface area contributed by atoms with Gasteiger partial charge in [-0.25, -0.2) is 0 Å². The molecular weight excluding hydrogens is 208 g/mol. The summed E-state index contributed by atoms with van der Waals surface area (Å²) >= 11 is 0. The molecule has 0 aliphatic rings. The molecule has 1 aromatic carbocycles. The fourth-order valence-corrected chi connectivity index (χ4v) is 1.50. The first-order valence-corrected chi connectivity index (χ1v) is 4.91. The zero-order valence-corrected chi connectivity index (χ0v) is 9.27. The molecule has 86 valence electrons. The fraction of sp³-hybridized carbons (Fsp3) is 0.333. The highest BCUT2D eigenvalue weighted by Crippen LogP contribution is 2.21. The minimum Gasteiger partial charge on any atom is -0.496 e. The van der Waals surface area contributed by atoms with Gasteiger partial charge in [0.05, 0.1) is 7.11 Å². The maximum absolute atomic E-state index is 11.2. The summed E-state index contributed by atoms with van der Waals surface area (Å²) in [7, 11) is 1.52. The molecule has 0 aromatic heterocycles. The van der Waals surface area contributed by atoms with E-state index >= 15 is 0 Å². The molecule has 0 bridgehead atoms. The van der Waals surface area contributed by atoms with Gasteiger partial charge in [0.1, 0.15) is 17.5 Å². The van der Waals surface area contributed by atoms with Crippen molar-refractivity contribution < 1.29 is 19.4 Å². The molecule has 0 fully saturated rings. The Morgan fingerprint density at radius 2 is 2.00 bits per heavy atom. The largest absolute Gasteiger partial charge is 0.496 e. The number of ether oxygens (including phenoxy) is 1. The van der Waals surface area contributed by atoms with Crippen molar-refractivity contribution in [1.82, 2.24) is 0 Å². The zero-order chi connectivity index (χ0) is 12.1. The molecule has 0 saturated carbocycles. The molecule has 1 unspecified atom stereocenters. The number of carboxylic acid groups (broad SMARTS) is 1. The van der Waals surface area contributed by atoms with Gasteiger partial charge in [0, 0.05) is 0 Å². The molecule has 0 radical (unpaired) electrons. The van der Waals surface area contributed by atoms with Crippen LogP contribution in [0.2, 0.25) is 0 Å². The van der Waals surface area contributed by atoms with E-state index in [1.165, 1.54) is 14.0 Å². The number of benzene rings is 1. The van der Waals surface area contributed by atoms with Crippen molar-refractivity contribution >= 4 is 11.8 Å². The quantitative estimate of drug-likeness (QED) is 0.767. The Kier molecular flexibility index (Phi) is 4.05. The highest BCUT2D eigenvalue weighted by atomic mass is 16.5. The minimum absolute atomic E-state index is 0.161. The maximum Gasteiger partial charge on any atom is 0.314 e. The Morgan fingerprint density at radius 3 is 2.50 bits per heavy atom. The Bertz CT molecular complexity index is 384. The first kappa shape index (κ1) is 12.2. The second-order valence-corrected chi connectivity index (χ2v) is 3.52. The number of carbonyl (C=O) groups excluding carboxylic acids is 1. The van der Waals surface area contributed by atoms with Crippen LogP contribution in [0.25, 0.3) is 0 Å². The molecule has 0 spiro atoms. The number of para-hydroxylation sites is 1. The van der Waals surface area contributed by atoms with Crippen LogP contribution < -0.4 is 4.74 Å². The molecule has 16 heavy (non-hydrogen) atoms. The van der Waals surface area contributed by atoms with E-state index in [1.807, 2.05) is 0 Å². The van der Waals surface area contributed by atoms with Crippen molar-refractivity contribution in [3.63, 3.8) is 0 Å². The molecule has 4 nitrogen and oxygen atoms in total. The van der Waals surface area contributed by atoms with Gasteiger partial charge in [-0.3, -0.25) is 9.59 Å². The van der Waals surface area contributed by atoms with Gasteiger partial charge in [0.15, 0.2) is 0 Å². The number of hydrogen-bond acceptors (Lipinski definition) is 3. The lowest BCUT2D eigenvalue weighted by Gasteiger charge is -2.11. The second kappa shape index (κ2) is 5.30. The monoisotopic (exact) mass is 222 g/mol. The number of ketones is 1. The number of Topliss-reactive ketones (excluding diaryl/α,β-unsaturated/α-hetero) is 1. The van der Waals surface area contributed by atoms with Crippen molar-refractivity contribution in [3.8, 4) is 5.75 Å². The van der Waals surface area contributed by atoms with E-state index in [0.717, 1.165) is 5.56 Å². The number of carbonyl (C=O) groups is 2. The van der Waals surface area contributed by atoms with Crippen molar-refractivity contribution in [2.75, 3.05) is 7.11 Å². The summed E-state index contributed by atoms with van der Waals surface area (Å²) in [5.41, 5.74) is 0.729. The third kappa shape index (κ3) is 2.82. The van der Waals surface area contributed by atoms with E-state index in [4.69, 9.17) is 9.84 Å². The molecule has 1 rings (SSSR count). The van der Waals surface area contributed by atoms with E-state index in [-0.39, 0.29) is 12.2 Å². The lowest BCUT2D eigenvalue weighted by Crippen LogP contribution is -2.23. The summed E-state index contributed by atoms with van der Waals surface area (Å²) in [6.07, 6.45) is 0.161. The smallest absolute Gasteiger partial charge is 0.314 e. The average molecular weight is 222 g/mol. The highest BCUT2D eigenvalue weighted by Gasteiger charge is 2.23. The van der Waals surface area contributed by atoms with Crippen LogP contribution in [0, 0.1) is 5.92 Å². The number of rotatable bonds is 5. The van der Waals surface area contributed by atoms with Crippen molar-refractivity contribution in [2.45, 2.75) is 13.3 Å². The molecule has 1 atom stereocenters. The minimum atomic E-state index is -1.10. The van der Waals surface area contributed by atoms with Crippen LogP contribution in [0.4, 0.5) is 0 Å². The Morgan fingerprint density at radius 1 is 1.38 bits per heavy atom. The van der Waals surface area contributed by atoms with E-state index < -0.39 is 11.9 Å². The summed E-state index contributed by atoms with van der Waals surface area (Å²) in [6.45, 7) is 1.29. The molecule has 1 N–H and O–H groups in total. The molecule has 4 heteroatoms. The molecular formula is C12H14O4. The average Bonchev–Trinajstić information content (AvgIpc) is 2.25. The van der Waals surface area contributed by atoms with Crippen molar-refractivity contribution in [1.29, 1.82) is 0 Å².